The molecule has 2 rings (SSSR count). The van der Waals surface area contributed by atoms with Gasteiger partial charge in [-0.25, -0.2) is 0 Å². The monoisotopic (exact) mass is 213 g/mol. The zero-order chi connectivity index (χ0) is 11.7. The van der Waals surface area contributed by atoms with Crippen LogP contribution < -0.4 is 4.90 Å². The first-order valence-electron chi connectivity index (χ1n) is 5.31. The molecule has 0 saturated heterocycles. The third-order valence-corrected chi connectivity index (χ3v) is 3.02. The van der Waals surface area contributed by atoms with E-state index in [-0.39, 0.29) is 6.17 Å². The standard InChI is InChI=1S/C13H15N3/c1-10-7-5-6-8-12(10)16-11(2)15(4)9-13(16)14-3/h5-9,11H,1-2,4H3/t11-/m0/s1. The largest absolute Gasteiger partial charge is 0.363 e. The Morgan fingerprint density at radius 2 is 2.00 bits per heavy atom. The molecule has 0 aliphatic carbocycles. The zero-order valence-electron chi connectivity index (χ0n) is 9.81. The van der Waals surface area contributed by atoms with Crippen molar-refractivity contribution in [1.82, 2.24) is 4.90 Å². The van der Waals surface area contributed by atoms with Gasteiger partial charge in [-0.3, -0.25) is 4.90 Å². The second kappa shape index (κ2) is 3.90. The smallest absolute Gasteiger partial charge is 0.247 e. The van der Waals surface area contributed by atoms with Gasteiger partial charge in [0.1, 0.15) is 5.69 Å². The fraction of sp³-hybridized carbons (Fsp3) is 0.308. The highest BCUT2D eigenvalue weighted by Crippen LogP contribution is 2.31. The van der Waals surface area contributed by atoms with E-state index < -0.39 is 0 Å². The van der Waals surface area contributed by atoms with Crippen molar-refractivity contribution in [1.29, 1.82) is 0 Å². The minimum Gasteiger partial charge on any atom is -0.363 e. The number of nitrogens with zero attached hydrogens (tertiary/aromatic N) is 3. The van der Waals surface area contributed by atoms with Crippen LogP contribution in [0.1, 0.15) is 12.5 Å². The van der Waals surface area contributed by atoms with Crippen molar-refractivity contribution in [2.24, 2.45) is 0 Å². The fourth-order valence-electron chi connectivity index (χ4n) is 1.97. The summed E-state index contributed by atoms with van der Waals surface area (Å²) in [6, 6.07) is 8.16. The van der Waals surface area contributed by atoms with Crippen LogP contribution in [0.5, 0.6) is 0 Å². The number of hydrogen-bond acceptors (Lipinski definition) is 2. The summed E-state index contributed by atoms with van der Waals surface area (Å²) in [6.07, 6.45) is 2.09. The maximum Gasteiger partial charge on any atom is 0.247 e. The molecule has 0 N–H and O–H groups in total. The van der Waals surface area contributed by atoms with Gasteiger partial charge in [0.2, 0.25) is 5.82 Å². The van der Waals surface area contributed by atoms with Crippen LogP contribution in [0.3, 0.4) is 0 Å². The average molecular weight is 213 g/mol. The van der Waals surface area contributed by atoms with Crippen LogP contribution in [0.4, 0.5) is 5.69 Å². The summed E-state index contributed by atoms with van der Waals surface area (Å²) in [5.74, 6) is 0.685. The van der Waals surface area contributed by atoms with Crippen molar-refractivity contribution in [2.75, 3.05) is 11.9 Å². The van der Waals surface area contributed by atoms with Crippen molar-refractivity contribution in [3.8, 4) is 0 Å². The van der Waals surface area contributed by atoms with Gasteiger partial charge in [-0.2, -0.15) is 0 Å². The molecular formula is C13H15N3. The van der Waals surface area contributed by atoms with Gasteiger partial charge in [0.05, 0.1) is 0 Å². The van der Waals surface area contributed by atoms with Crippen molar-refractivity contribution in [2.45, 2.75) is 20.0 Å². The van der Waals surface area contributed by atoms with Crippen LogP contribution in [-0.2, 0) is 0 Å². The highest BCUT2D eigenvalue weighted by atomic mass is 15.4. The van der Waals surface area contributed by atoms with Crippen LogP contribution in [-0.4, -0.2) is 18.1 Å². The first-order chi connectivity index (χ1) is 7.65. The summed E-state index contributed by atoms with van der Waals surface area (Å²) in [5.41, 5.74) is 2.31. The molecule has 0 amide bonds. The molecule has 1 aliphatic rings. The molecule has 0 unspecified atom stereocenters. The molecule has 82 valence electrons. The Balaban J connectivity index is 2.46. The molecule has 0 bridgehead atoms. The molecule has 1 heterocycles. The van der Waals surface area contributed by atoms with Crippen molar-refractivity contribution in [3.05, 3.63) is 53.3 Å². The van der Waals surface area contributed by atoms with Gasteiger partial charge in [-0.1, -0.05) is 24.8 Å². The Bertz CT molecular complexity index is 470. The highest BCUT2D eigenvalue weighted by Gasteiger charge is 2.31. The molecule has 16 heavy (non-hydrogen) atoms. The van der Waals surface area contributed by atoms with Gasteiger partial charge in [-0.15, -0.1) is 0 Å². The lowest BCUT2D eigenvalue weighted by atomic mass is 10.2. The number of benzene rings is 1. The molecule has 0 saturated carbocycles. The van der Waals surface area contributed by atoms with E-state index in [1.165, 1.54) is 5.56 Å². The molecule has 1 aromatic rings. The molecule has 3 heteroatoms. The van der Waals surface area contributed by atoms with E-state index in [1.54, 1.807) is 0 Å². The summed E-state index contributed by atoms with van der Waals surface area (Å²) in [7, 11) is 1.99. The van der Waals surface area contributed by atoms with Gasteiger partial charge in [0, 0.05) is 13.2 Å². The molecule has 0 spiro atoms. The molecule has 0 radical (unpaired) electrons. The zero-order valence-corrected chi connectivity index (χ0v) is 9.81. The Labute approximate surface area is 96.4 Å². The van der Waals surface area contributed by atoms with Gasteiger partial charge >= 0.3 is 0 Å². The summed E-state index contributed by atoms with van der Waals surface area (Å²) in [5, 5.41) is 0. The minimum absolute atomic E-state index is 0.199. The van der Waals surface area contributed by atoms with E-state index in [1.807, 2.05) is 25.4 Å². The molecule has 3 nitrogen and oxygen atoms in total. The van der Waals surface area contributed by atoms with Crippen LogP contribution in [0.15, 0.2) is 36.3 Å². The maximum absolute atomic E-state index is 7.22. The van der Waals surface area contributed by atoms with Crippen LogP contribution in [0.25, 0.3) is 4.85 Å². The number of hydrogen-bond donors (Lipinski definition) is 0. The lowest BCUT2D eigenvalue weighted by molar-refractivity contribution is 0.382. The SMILES string of the molecule is [C-]#[N+]C1=CN(C)[C@H](C)N1c1ccccc1C. The Morgan fingerprint density at radius 3 is 2.62 bits per heavy atom. The van der Waals surface area contributed by atoms with E-state index in [0.29, 0.717) is 5.82 Å². The molecule has 1 aliphatic heterocycles. The lowest BCUT2D eigenvalue weighted by Gasteiger charge is -2.25. The van der Waals surface area contributed by atoms with Gasteiger partial charge in [0.15, 0.2) is 6.17 Å². The topological polar surface area (TPSA) is 10.8 Å². The molecule has 1 atom stereocenters. The van der Waals surface area contributed by atoms with Crippen molar-refractivity contribution < 1.29 is 0 Å². The van der Waals surface area contributed by atoms with Gasteiger partial charge in [0.25, 0.3) is 0 Å². The summed E-state index contributed by atoms with van der Waals surface area (Å²) < 4.78 is 0. The van der Waals surface area contributed by atoms with Crippen molar-refractivity contribution >= 4 is 5.69 Å². The van der Waals surface area contributed by atoms with E-state index in [0.717, 1.165) is 5.69 Å². The highest BCUT2D eigenvalue weighted by molar-refractivity contribution is 5.60. The van der Waals surface area contributed by atoms with E-state index in [4.69, 9.17) is 6.57 Å². The first-order valence-corrected chi connectivity index (χ1v) is 5.31. The summed E-state index contributed by atoms with van der Waals surface area (Å²) in [4.78, 5) is 7.71. The number of para-hydroxylation sites is 1. The Hall–Kier alpha value is -1.95. The first kappa shape index (κ1) is 10.6. The van der Waals surface area contributed by atoms with E-state index >= 15 is 0 Å². The third-order valence-electron chi connectivity index (χ3n) is 3.02. The minimum atomic E-state index is 0.199. The Morgan fingerprint density at radius 1 is 1.31 bits per heavy atom. The van der Waals surface area contributed by atoms with Crippen LogP contribution in [0.2, 0.25) is 0 Å². The normalized spacial score (nSPS) is 19.6. The Kier molecular flexibility index (Phi) is 2.57. The van der Waals surface area contributed by atoms with Gasteiger partial charge < -0.3 is 9.74 Å². The van der Waals surface area contributed by atoms with Crippen molar-refractivity contribution in [3.63, 3.8) is 0 Å². The quantitative estimate of drug-likeness (QED) is 0.664. The molecule has 0 fully saturated rings. The van der Waals surface area contributed by atoms with Crippen LogP contribution in [0, 0.1) is 13.5 Å². The second-order valence-electron chi connectivity index (χ2n) is 4.05. The molecule has 1 aromatic carbocycles. The van der Waals surface area contributed by atoms with Crippen LogP contribution >= 0.6 is 0 Å². The van der Waals surface area contributed by atoms with E-state index in [2.05, 4.69) is 40.6 Å². The summed E-state index contributed by atoms with van der Waals surface area (Å²) >= 11 is 0. The average Bonchev–Trinajstić information content (AvgIpc) is 2.56. The molecular weight excluding hydrogens is 198 g/mol. The fourth-order valence-corrected chi connectivity index (χ4v) is 1.97. The second-order valence-corrected chi connectivity index (χ2v) is 4.05. The third kappa shape index (κ3) is 1.53. The van der Waals surface area contributed by atoms with Gasteiger partial charge in [-0.05, 0) is 25.5 Å². The predicted octanol–water partition coefficient (Wildman–Crippen LogP) is 2.81. The lowest BCUT2D eigenvalue weighted by Crippen LogP contribution is -2.35. The maximum atomic E-state index is 7.22. The number of aryl methyl sites for hydroxylation is 1. The number of rotatable bonds is 1. The molecule has 0 aromatic heterocycles. The summed E-state index contributed by atoms with van der Waals surface area (Å²) in [6.45, 7) is 11.4. The predicted molar refractivity (Wildman–Crippen MR) is 65.6 cm³/mol. The van der Waals surface area contributed by atoms with E-state index in [9.17, 15) is 0 Å². The number of anilines is 1.